The molecule has 0 aliphatic heterocycles. The van der Waals surface area contributed by atoms with E-state index in [9.17, 15) is 0 Å². The highest BCUT2D eigenvalue weighted by Gasteiger charge is 2.06. The molecule has 2 unspecified atom stereocenters. The molecule has 80 valence electrons. The molecule has 0 fully saturated rings. The summed E-state index contributed by atoms with van der Waals surface area (Å²) in [5.74, 6) is 0.292. The fourth-order valence-corrected chi connectivity index (χ4v) is 0.951. The molecule has 4 nitrogen and oxygen atoms in total. The number of aliphatic hydroxyl groups excluding tert-OH is 1. The molecule has 4 heteroatoms. The summed E-state index contributed by atoms with van der Waals surface area (Å²) in [4.78, 5) is 0. The lowest BCUT2D eigenvalue weighted by Gasteiger charge is -2.16. The fraction of sp³-hybridized carbons (Fsp3) is 1.00. The number of ether oxygens (including phenoxy) is 2. The molecule has 13 heavy (non-hydrogen) atoms. The minimum absolute atomic E-state index is 0.0934. The van der Waals surface area contributed by atoms with Crippen molar-refractivity contribution in [2.75, 3.05) is 40.5 Å². The summed E-state index contributed by atoms with van der Waals surface area (Å²) in [6, 6.07) is 0. The normalized spacial score (nSPS) is 15.7. The van der Waals surface area contributed by atoms with Crippen LogP contribution in [0.15, 0.2) is 0 Å². The summed E-state index contributed by atoms with van der Waals surface area (Å²) in [5, 5.41) is 12.0. The van der Waals surface area contributed by atoms with Gasteiger partial charge in [-0.25, -0.2) is 0 Å². The Morgan fingerprint density at radius 1 is 1.31 bits per heavy atom. The van der Waals surface area contributed by atoms with E-state index in [2.05, 4.69) is 5.32 Å². The number of aliphatic hydroxyl groups is 1. The van der Waals surface area contributed by atoms with E-state index in [-0.39, 0.29) is 12.7 Å². The third kappa shape index (κ3) is 6.95. The Hall–Kier alpha value is -0.160. The maximum absolute atomic E-state index is 8.76. The van der Waals surface area contributed by atoms with Gasteiger partial charge in [0.15, 0.2) is 0 Å². The molecule has 0 saturated heterocycles. The van der Waals surface area contributed by atoms with Crippen LogP contribution in [-0.4, -0.2) is 51.7 Å². The largest absolute Gasteiger partial charge is 0.396 e. The zero-order valence-electron chi connectivity index (χ0n) is 8.75. The average Bonchev–Trinajstić information content (AvgIpc) is 2.16. The Morgan fingerprint density at radius 3 is 2.46 bits per heavy atom. The molecule has 0 aliphatic carbocycles. The van der Waals surface area contributed by atoms with Crippen LogP contribution >= 0.6 is 0 Å². The first-order valence-corrected chi connectivity index (χ1v) is 4.57. The smallest absolute Gasteiger partial charge is 0.0928 e. The minimum atomic E-state index is 0.0934. The number of hydrogen-bond acceptors (Lipinski definition) is 4. The van der Waals surface area contributed by atoms with Crippen LogP contribution in [0.4, 0.5) is 0 Å². The summed E-state index contributed by atoms with van der Waals surface area (Å²) in [6.45, 7) is 4.37. The van der Waals surface area contributed by atoms with E-state index in [4.69, 9.17) is 14.6 Å². The number of hydrogen-bond donors (Lipinski definition) is 2. The second-order valence-corrected chi connectivity index (χ2v) is 3.26. The molecule has 2 N–H and O–H groups in total. The number of nitrogens with one attached hydrogen (secondary N) is 1. The average molecular weight is 191 g/mol. The third-order valence-corrected chi connectivity index (χ3v) is 1.86. The molecule has 0 saturated carbocycles. The molecule has 2 atom stereocenters. The molecule has 0 aromatic rings. The van der Waals surface area contributed by atoms with Crippen LogP contribution in [0.5, 0.6) is 0 Å². The van der Waals surface area contributed by atoms with Crippen LogP contribution in [0.25, 0.3) is 0 Å². The molecule has 0 heterocycles. The quantitative estimate of drug-likeness (QED) is 0.561. The summed E-state index contributed by atoms with van der Waals surface area (Å²) in [7, 11) is 3.32. The van der Waals surface area contributed by atoms with Crippen LogP contribution in [0.2, 0.25) is 0 Å². The van der Waals surface area contributed by atoms with Gasteiger partial charge in [0.25, 0.3) is 0 Å². The van der Waals surface area contributed by atoms with Gasteiger partial charge in [0, 0.05) is 27.4 Å². The highest BCUT2D eigenvalue weighted by atomic mass is 16.5. The predicted molar refractivity (Wildman–Crippen MR) is 51.8 cm³/mol. The summed E-state index contributed by atoms with van der Waals surface area (Å²) in [5.41, 5.74) is 0. The second-order valence-electron chi connectivity index (χ2n) is 3.26. The van der Waals surface area contributed by atoms with Crippen molar-refractivity contribution in [3.05, 3.63) is 0 Å². The van der Waals surface area contributed by atoms with E-state index < -0.39 is 0 Å². The van der Waals surface area contributed by atoms with Crippen molar-refractivity contribution < 1.29 is 14.6 Å². The van der Waals surface area contributed by atoms with Gasteiger partial charge in [-0.2, -0.15) is 0 Å². The van der Waals surface area contributed by atoms with E-state index in [1.807, 2.05) is 6.92 Å². The summed E-state index contributed by atoms with van der Waals surface area (Å²) < 4.78 is 10.1. The van der Waals surface area contributed by atoms with Crippen molar-refractivity contribution in [2.45, 2.75) is 13.0 Å². The van der Waals surface area contributed by atoms with Gasteiger partial charge in [-0.3, -0.25) is 0 Å². The molecule has 0 aliphatic rings. The molecule has 0 rings (SSSR count). The Bertz CT molecular complexity index is 111. The van der Waals surface area contributed by atoms with Gasteiger partial charge in [0.2, 0.25) is 0 Å². The molecule has 0 aromatic carbocycles. The fourth-order valence-electron chi connectivity index (χ4n) is 0.951. The van der Waals surface area contributed by atoms with Gasteiger partial charge in [-0.05, 0) is 12.5 Å². The van der Waals surface area contributed by atoms with Crippen LogP contribution < -0.4 is 5.32 Å². The van der Waals surface area contributed by atoms with Gasteiger partial charge in [-0.15, -0.1) is 0 Å². The van der Waals surface area contributed by atoms with Crippen molar-refractivity contribution in [1.29, 1.82) is 0 Å². The first kappa shape index (κ1) is 12.8. The Kier molecular flexibility index (Phi) is 8.33. The van der Waals surface area contributed by atoms with Gasteiger partial charge < -0.3 is 19.9 Å². The predicted octanol–water partition coefficient (Wildman–Crippen LogP) is -0.134. The molecule has 0 bridgehead atoms. The standard InChI is InChI=1S/C9H21NO3/c1-8(6-11)4-10-5-9(13-3)7-12-2/h8-11H,4-7H2,1-3H3. The van der Waals surface area contributed by atoms with Crippen LogP contribution in [-0.2, 0) is 9.47 Å². The zero-order valence-corrected chi connectivity index (χ0v) is 8.75. The molecule has 0 aromatic heterocycles. The Balaban J connectivity index is 3.37. The summed E-state index contributed by atoms with van der Waals surface area (Å²) in [6.07, 6.45) is 0.0934. The van der Waals surface area contributed by atoms with Gasteiger partial charge >= 0.3 is 0 Å². The second kappa shape index (κ2) is 8.44. The number of methoxy groups -OCH3 is 2. The molecule has 0 radical (unpaired) electrons. The van der Waals surface area contributed by atoms with E-state index in [1.54, 1.807) is 14.2 Å². The first-order chi connectivity index (χ1) is 6.24. The lowest BCUT2D eigenvalue weighted by molar-refractivity contribution is 0.0282. The van der Waals surface area contributed by atoms with Gasteiger partial charge in [0.05, 0.1) is 12.7 Å². The monoisotopic (exact) mass is 191 g/mol. The van der Waals surface area contributed by atoms with Crippen molar-refractivity contribution >= 4 is 0 Å². The third-order valence-electron chi connectivity index (χ3n) is 1.86. The Labute approximate surface area is 80.2 Å². The van der Waals surface area contributed by atoms with E-state index in [0.717, 1.165) is 13.1 Å². The maximum Gasteiger partial charge on any atom is 0.0928 e. The molecule has 0 amide bonds. The minimum Gasteiger partial charge on any atom is -0.396 e. The molecule has 0 spiro atoms. The number of rotatable bonds is 8. The summed E-state index contributed by atoms with van der Waals surface area (Å²) >= 11 is 0. The SMILES string of the molecule is COCC(CNCC(C)CO)OC. The van der Waals surface area contributed by atoms with E-state index >= 15 is 0 Å². The van der Waals surface area contributed by atoms with Crippen LogP contribution in [0.3, 0.4) is 0 Å². The van der Waals surface area contributed by atoms with Crippen LogP contribution in [0.1, 0.15) is 6.92 Å². The van der Waals surface area contributed by atoms with Gasteiger partial charge in [-0.1, -0.05) is 6.92 Å². The highest BCUT2D eigenvalue weighted by Crippen LogP contribution is 1.91. The zero-order chi connectivity index (χ0) is 10.1. The van der Waals surface area contributed by atoms with Gasteiger partial charge in [0.1, 0.15) is 0 Å². The topological polar surface area (TPSA) is 50.7 Å². The first-order valence-electron chi connectivity index (χ1n) is 4.57. The van der Waals surface area contributed by atoms with Crippen molar-refractivity contribution in [2.24, 2.45) is 5.92 Å². The lowest BCUT2D eigenvalue weighted by Crippen LogP contribution is -2.34. The molecular weight excluding hydrogens is 170 g/mol. The van der Waals surface area contributed by atoms with Crippen LogP contribution in [0, 0.1) is 5.92 Å². The van der Waals surface area contributed by atoms with Crippen molar-refractivity contribution in [1.82, 2.24) is 5.32 Å². The van der Waals surface area contributed by atoms with E-state index in [0.29, 0.717) is 12.5 Å². The Morgan fingerprint density at radius 2 is 2.00 bits per heavy atom. The maximum atomic E-state index is 8.76. The highest BCUT2D eigenvalue weighted by molar-refractivity contribution is 4.62. The molecular formula is C9H21NO3. The van der Waals surface area contributed by atoms with E-state index in [1.165, 1.54) is 0 Å². The van der Waals surface area contributed by atoms with Crippen molar-refractivity contribution in [3.8, 4) is 0 Å². The lowest BCUT2D eigenvalue weighted by atomic mass is 10.2. The van der Waals surface area contributed by atoms with Crippen molar-refractivity contribution in [3.63, 3.8) is 0 Å².